The normalized spacial score (nSPS) is 28.9. The van der Waals surface area contributed by atoms with Crippen molar-refractivity contribution in [3.63, 3.8) is 0 Å². The van der Waals surface area contributed by atoms with Gasteiger partial charge in [0.05, 0.1) is 6.10 Å². The van der Waals surface area contributed by atoms with Gasteiger partial charge in [0.2, 0.25) is 0 Å². The lowest BCUT2D eigenvalue weighted by molar-refractivity contribution is -0.230. The summed E-state index contributed by atoms with van der Waals surface area (Å²) >= 11 is 0. The highest BCUT2D eigenvalue weighted by Crippen LogP contribution is 2.28. The first-order valence-electron chi connectivity index (χ1n) is 3.38. The van der Waals surface area contributed by atoms with Gasteiger partial charge in [-0.2, -0.15) is 13.2 Å². The van der Waals surface area contributed by atoms with Crippen LogP contribution >= 0.6 is 0 Å². The molecule has 0 aromatic carbocycles. The maximum atomic E-state index is 11.8. The van der Waals surface area contributed by atoms with Crippen LogP contribution in [0.2, 0.25) is 0 Å². The van der Waals surface area contributed by atoms with Crippen molar-refractivity contribution in [1.82, 2.24) is 0 Å². The molecule has 11 heavy (non-hydrogen) atoms. The second-order valence-electron chi connectivity index (χ2n) is 2.54. The van der Waals surface area contributed by atoms with Gasteiger partial charge in [-0.25, -0.2) is 0 Å². The van der Waals surface area contributed by atoms with Crippen LogP contribution in [-0.2, 0) is 4.74 Å². The predicted molar refractivity (Wildman–Crippen MR) is 31.0 cm³/mol. The van der Waals surface area contributed by atoms with Crippen molar-refractivity contribution >= 4 is 0 Å². The molecule has 1 saturated heterocycles. The molecule has 0 saturated carbocycles. The Labute approximate surface area is 62.0 Å². The summed E-state index contributed by atoms with van der Waals surface area (Å²) in [6.07, 6.45) is -7.02. The SMILES string of the molecule is O[C@@H]([C@@H]1CCCO1)C(F)(F)F. The Morgan fingerprint density at radius 3 is 2.45 bits per heavy atom. The van der Waals surface area contributed by atoms with Gasteiger partial charge in [0, 0.05) is 6.61 Å². The molecule has 1 heterocycles. The van der Waals surface area contributed by atoms with Crippen molar-refractivity contribution in [1.29, 1.82) is 0 Å². The Kier molecular flexibility index (Phi) is 2.39. The molecular formula is C6H9F3O2. The van der Waals surface area contributed by atoms with Crippen molar-refractivity contribution in [2.24, 2.45) is 0 Å². The van der Waals surface area contributed by atoms with Crippen LogP contribution in [0.5, 0.6) is 0 Å². The summed E-state index contributed by atoms with van der Waals surface area (Å²) in [7, 11) is 0. The summed E-state index contributed by atoms with van der Waals surface area (Å²) in [5.74, 6) is 0. The van der Waals surface area contributed by atoms with Crippen molar-refractivity contribution in [3.8, 4) is 0 Å². The molecule has 1 aliphatic rings. The molecule has 1 N–H and O–H groups in total. The topological polar surface area (TPSA) is 29.5 Å². The van der Waals surface area contributed by atoms with Gasteiger partial charge >= 0.3 is 6.18 Å². The maximum Gasteiger partial charge on any atom is 0.416 e. The summed E-state index contributed by atoms with van der Waals surface area (Å²) in [4.78, 5) is 0. The lowest BCUT2D eigenvalue weighted by atomic mass is 10.1. The van der Waals surface area contributed by atoms with Gasteiger partial charge in [-0.15, -0.1) is 0 Å². The Bertz CT molecular complexity index is 128. The van der Waals surface area contributed by atoms with Crippen LogP contribution in [-0.4, -0.2) is 30.1 Å². The molecule has 0 bridgehead atoms. The molecule has 0 amide bonds. The van der Waals surface area contributed by atoms with Crippen molar-refractivity contribution < 1.29 is 23.0 Å². The zero-order valence-electron chi connectivity index (χ0n) is 5.77. The highest BCUT2D eigenvalue weighted by atomic mass is 19.4. The Hall–Kier alpha value is -0.290. The molecule has 0 aromatic heterocycles. The molecular weight excluding hydrogens is 161 g/mol. The first kappa shape index (κ1) is 8.80. The summed E-state index contributed by atoms with van der Waals surface area (Å²) in [5.41, 5.74) is 0. The molecule has 2 atom stereocenters. The zero-order valence-corrected chi connectivity index (χ0v) is 5.77. The van der Waals surface area contributed by atoms with Crippen LogP contribution in [0, 0.1) is 0 Å². The molecule has 0 unspecified atom stereocenters. The van der Waals surface area contributed by atoms with E-state index in [2.05, 4.69) is 4.74 Å². The van der Waals surface area contributed by atoms with Crippen LogP contribution in [0.15, 0.2) is 0 Å². The number of alkyl halides is 3. The molecule has 0 aliphatic carbocycles. The molecule has 0 radical (unpaired) electrons. The third-order valence-electron chi connectivity index (χ3n) is 1.65. The minimum atomic E-state index is -4.55. The van der Waals surface area contributed by atoms with Gasteiger partial charge in [0.15, 0.2) is 6.10 Å². The molecule has 5 heteroatoms. The second-order valence-corrected chi connectivity index (χ2v) is 2.54. The Morgan fingerprint density at radius 1 is 1.45 bits per heavy atom. The zero-order chi connectivity index (χ0) is 8.48. The fourth-order valence-electron chi connectivity index (χ4n) is 1.06. The summed E-state index contributed by atoms with van der Waals surface area (Å²) in [6.45, 7) is 0.317. The van der Waals surface area contributed by atoms with E-state index in [4.69, 9.17) is 5.11 Å². The van der Waals surface area contributed by atoms with Crippen LogP contribution in [0.25, 0.3) is 0 Å². The smallest absolute Gasteiger partial charge is 0.381 e. The summed E-state index contributed by atoms with van der Waals surface area (Å²) in [5, 5.41) is 8.64. The van der Waals surface area contributed by atoms with Gasteiger partial charge in [0.1, 0.15) is 0 Å². The number of rotatable bonds is 1. The minimum absolute atomic E-state index is 0.292. The van der Waals surface area contributed by atoms with Crippen molar-refractivity contribution in [2.75, 3.05) is 6.61 Å². The lowest BCUT2D eigenvalue weighted by Gasteiger charge is -2.19. The average molecular weight is 170 g/mol. The van der Waals surface area contributed by atoms with E-state index in [-0.39, 0.29) is 0 Å². The average Bonchev–Trinajstić information content (AvgIpc) is 2.34. The standard InChI is InChI=1S/C6H9F3O2/c7-6(8,9)5(10)4-2-1-3-11-4/h4-5,10H,1-3H2/t4-,5-/m0/s1. The molecule has 0 aromatic rings. The van der Waals surface area contributed by atoms with Gasteiger partial charge < -0.3 is 9.84 Å². The Balaban J connectivity index is 2.46. The van der Waals surface area contributed by atoms with Gasteiger partial charge in [-0.1, -0.05) is 0 Å². The highest BCUT2D eigenvalue weighted by molar-refractivity contribution is 4.78. The van der Waals surface area contributed by atoms with Gasteiger partial charge in [-0.3, -0.25) is 0 Å². The van der Waals surface area contributed by atoms with E-state index in [0.717, 1.165) is 0 Å². The number of halogens is 3. The van der Waals surface area contributed by atoms with E-state index < -0.39 is 18.4 Å². The first-order valence-corrected chi connectivity index (χ1v) is 3.38. The van der Waals surface area contributed by atoms with E-state index in [1.165, 1.54) is 0 Å². The number of aliphatic hydroxyl groups excluding tert-OH is 1. The number of hydrogen-bond donors (Lipinski definition) is 1. The maximum absolute atomic E-state index is 11.8. The predicted octanol–water partition coefficient (Wildman–Crippen LogP) is 1.09. The largest absolute Gasteiger partial charge is 0.416 e. The molecule has 1 rings (SSSR count). The van der Waals surface area contributed by atoms with E-state index >= 15 is 0 Å². The van der Waals surface area contributed by atoms with E-state index in [0.29, 0.717) is 19.4 Å². The van der Waals surface area contributed by atoms with Crippen LogP contribution in [0.1, 0.15) is 12.8 Å². The third kappa shape index (κ3) is 2.07. The molecule has 2 nitrogen and oxygen atoms in total. The Morgan fingerprint density at radius 2 is 2.09 bits per heavy atom. The van der Waals surface area contributed by atoms with Gasteiger partial charge in [0.25, 0.3) is 0 Å². The molecule has 1 fully saturated rings. The second kappa shape index (κ2) is 2.98. The van der Waals surface area contributed by atoms with Crippen LogP contribution < -0.4 is 0 Å². The van der Waals surface area contributed by atoms with E-state index in [1.807, 2.05) is 0 Å². The molecule has 0 spiro atoms. The fraction of sp³-hybridized carbons (Fsp3) is 1.00. The van der Waals surface area contributed by atoms with Crippen molar-refractivity contribution in [2.45, 2.75) is 31.2 Å². The van der Waals surface area contributed by atoms with E-state index in [1.54, 1.807) is 0 Å². The van der Waals surface area contributed by atoms with Crippen LogP contribution in [0.3, 0.4) is 0 Å². The fourth-order valence-corrected chi connectivity index (χ4v) is 1.06. The summed E-state index contributed by atoms with van der Waals surface area (Å²) < 4.78 is 40.0. The molecule has 1 aliphatic heterocycles. The number of ether oxygens (including phenoxy) is 1. The van der Waals surface area contributed by atoms with Crippen molar-refractivity contribution in [3.05, 3.63) is 0 Å². The number of hydrogen-bond acceptors (Lipinski definition) is 2. The lowest BCUT2D eigenvalue weighted by Crippen LogP contribution is -2.39. The number of aliphatic hydroxyl groups is 1. The summed E-state index contributed by atoms with van der Waals surface area (Å²) in [6, 6.07) is 0. The highest BCUT2D eigenvalue weighted by Gasteiger charge is 2.45. The third-order valence-corrected chi connectivity index (χ3v) is 1.65. The monoisotopic (exact) mass is 170 g/mol. The molecule has 66 valence electrons. The van der Waals surface area contributed by atoms with Crippen LogP contribution in [0.4, 0.5) is 13.2 Å². The minimum Gasteiger partial charge on any atom is -0.381 e. The quantitative estimate of drug-likeness (QED) is 0.638. The van der Waals surface area contributed by atoms with E-state index in [9.17, 15) is 13.2 Å². The van der Waals surface area contributed by atoms with Gasteiger partial charge in [-0.05, 0) is 12.8 Å². The first-order chi connectivity index (χ1) is 5.02.